The summed E-state index contributed by atoms with van der Waals surface area (Å²) in [6.07, 6.45) is 4.91. The Balaban J connectivity index is 1.55. The van der Waals surface area contributed by atoms with Crippen LogP contribution >= 0.6 is 0 Å². The van der Waals surface area contributed by atoms with Gasteiger partial charge in [-0.15, -0.1) is 0 Å². The lowest BCUT2D eigenvalue weighted by molar-refractivity contribution is -0.143. The van der Waals surface area contributed by atoms with Crippen molar-refractivity contribution in [2.24, 2.45) is 23.3 Å². The molecule has 1 heterocycles. The van der Waals surface area contributed by atoms with E-state index in [-0.39, 0.29) is 135 Å². The molecule has 0 aromatic heterocycles. The number of nitrogens with two attached hydrogens (primary N) is 2. The summed E-state index contributed by atoms with van der Waals surface area (Å²) >= 11 is 0. The zero-order valence-corrected chi connectivity index (χ0v) is 52.3. The fraction of sp³-hybridized carbons (Fsp3) is 0.557. The minimum atomic E-state index is -1.09. The fourth-order valence-corrected chi connectivity index (χ4v) is 8.81. The fourth-order valence-electron chi connectivity index (χ4n) is 8.81. The molecule has 29 nitrogen and oxygen atoms in total. The van der Waals surface area contributed by atoms with Gasteiger partial charge in [-0.2, -0.15) is 0 Å². The molecule has 2 aromatic carbocycles. The van der Waals surface area contributed by atoms with E-state index in [1.165, 1.54) is 26.0 Å². The molecule has 29 heteroatoms. The van der Waals surface area contributed by atoms with Crippen LogP contribution in [0.4, 0.5) is 21.0 Å². The van der Waals surface area contributed by atoms with Crippen LogP contribution in [0.3, 0.4) is 0 Å². The Hall–Kier alpha value is -8.99. The van der Waals surface area contributed by atoms with Crippen LogP contribution in [0.15, 0.2) is 60.7 Å². The van der Waals surface area contributed by atoms with Crippen LogP contribution in [0, 0.1) is 11.8 Å². The molecule has 0 spiro atoms. The van der Waals surface area contributed by atoms with Crippen molar-refractivity contribution in [1.82, 2.24) is 41.7 Å². The summed E-state index contributed by atoms with van der Waals surface area (Å²) in [6, 6.07) is 7.31. The number of esters is 2. The van der Waals surface area contributed by atoms with Crippen molar-refractivity contribution in [3.05, 3.63) is 71.8 Å². The quantitative estimate of drug-likeness (QED) is 0.0258. The lowest BCUT2D eigenvalue weighted by atomic mass is 10.0. The van der Waals surface area contributed by atoms with Crippen LogP contribution < -0.4 is 54.0 Å². The van der Waals surface area contributed by atoms with Crippen LogP contribution in [0.1, 0.15) is 123 Å². The molecule has 13 amide bonds. The number of carbonyl (C=O) groups is 13. The van der Waals surface area contributed by atoms with Gasteiger partial charge in [-0.25, -0.2) is 9.59 Å². The van der Waals surface area contributed by atoms with Crippen LogP contribution in [-0.4, -0.2) is 170 Å². The summed E-state index contributed by atoms with van der Waals surface area (Å²) in [4.78, 5) is 166. The largest absolute Gasteiger partial charge is 0.461 e. The summed E-state index contributed by atoms with van der Waals surface area (Å²) in [7, 11) is 0. The molecule has 0 bridgehead atoms. The van der Waals surface area contributed by atoms with Crippen LogP contribution in [0.5, 0.6) is 0 Å². The first-order valence-corrected chi connectivity index (χ1v) is 30.1. The number of carbonyl (C=O) groups excluding carboxylic acids is 13. The highest BCUT2D eigenvalue weighted by Gasteiger charge is 2.31. The van der Waals surface area contributed by atoms with E-state index in [0.29, 0.717) is 48.2 Å². The molecule has 2 aromatic rings. The van der Waals surface area contributed by atoms with Gasteiger partial charge in [-0.3, -0.25) is 57.6 Å². The Morgan fingerprint density at radius 2 is 0.933 bits per heavy atom. The molecule has 0 unspecified atom stereocenters. The molecule has 0 saturated heterocycles. The maximum absolute atomic E-state index is 13.7. The minimum absolute atomic E-state index is 0.0328. The summed E-state index contributed by atoms with van der Waals surface area (Å²) in [5.74, 6) is -6.08. The zero-order valence-electron chi connectivity index (χ0n) is 52.3. The van der Waals surface area contributed by atoms with E-state index < -0.39 is 95.4 Å². The van der Waals surface area contributed by atoms with E-state index in [0.717, 1.165) is 4.90 Å². The molecule has 3 rings (SSSR count). The van der Waals surface area contributed by atoms with Gasteiger partial charge in [0.1, 0.15) is 37.4 Å². The Labute approximate surface area is 524 Å². The molecular weight excluding hydrogens is 1170 g/mol. The molecule has 0 radical (unpaired) electrons. The number of amides is 13. The van der Waals surface area contributed by atoms with Gasteiger partial charge in [0, 0.05) is 96.0 Å². The van der Waals surface area contributed by atoms with Crippen LogP contribution in [-0.2, 0) is 84.9 Å². The van der Waals surface area contributed by atoms with E-state index in [2.05, 4.69) is 42.5 Å². The lowest BCUT2D eigenvalue weighted by Crippen LogP contribution is -2.54. The predicted molar refractivity (Wildman–Crippen MR) is 329 cm³/mol. The normalized spacial score (nSPS) is 13.1. The second kappa shape index (κ2) is 41.3. The molecule has 4 atom stereocenters. The third-order valence-corrected chi connectivity index (χ3v) is 13.8. The average Bonchev–Trinajstić information content (AvgIpc) is 4.07. The second-order valence-electron chi connectivity index (χ2n) is 21.9. The second-order valence-corrected chi connectivity index (χ2v) is 21.9. The molecule has 1 aliphatic rings. The van der Waals surface area contributed by atoms with Gasteiger partial charge in [0.2, 0.25) is 41.4 Å². The first-order chi connectivity index (χ1) is 42.8. The number of anilines is 2. The van der Waals surface area contributed by atoms with Crippen molar-refractivity contribution in [2.45, 2.75) is 150 Å². The standard InChI is InChI=1S/C61H90N12O17/c1-39(2)54(58(83)68-47(13-10-28-64-60(62)85)56(81)66-45-20-16-43(17-21-45)37-89-41(5)74)70-49(76)26-34-87-33-12-30-72(51(78)15-8-7-9-31-73-52(79)24-25-53(73)80)32-36-88-35-27-50(77)71-55(40(3)4)59(84)69-48(14-11-29-65-61(63)86)57(82)67-46-22-18-44(19-23-46)38-90-42(6)75/h16-25,39-40,47-48,54-55H,7-15,26-38H2,1-6H3,(H,66,81)(H,67,82)(H,68,83)(H,69,84)(H,70,76)(H,71,77)(H3,62,64,85)(H3,63,65,86)/t47-,48-,54-,55-/m0/s1. The topological polar surface area (TPSA) is 414 Å². The van der Waals surface area contributed by atoms with Gasteiger partial charge >= 0.3 is 24.0 Å². The number of ether oxygens (including phenoxy) is 4. The number of rotatable bonds is 43. The van der Waals surface area contributed by atoms with Crippen molar-refractivity contribution >= 4 is 88.5 Å². The number of imide groups is 1. The van der Waals surface area contributed by atoms with Crippen molar-refractivity contribution in [1.29, 1.82) is 0 Å². The van der Waals surface area contributed by atoms with Gasteiger partial charge < -0.3 is 77.8 Å². The van der Waals surface area contributed by atoms with E-state index in [1.54, 1.807) is 81.1 Å². The summed E-state index contributed by atoms with van der Waals surface area (Å²) in [5.41, 5.74) is 12.6. The van der Waals surface area contributed by atoms with E-state index in [4.69, 9.17) is 30.4 Å². The van der Waals surface area contributed by atoms with Gasteiger partial charge in [-0.1, -0.05) is 58.4 Å². The van der Waals surface area contributed by atoms with Gasteiger partial charge in [0.05, 0.1) is 19.8 Å². The van der Waals surface area contributed by atoms with Crippen molar-refractivity contribution < 1.29 is 81.3 Å². The van der Waals surface area contributed by atoms with Crippen LogP contribution in [0.25, 0.3) is 0 Å². The summed E-state index contributed by atoms with van der Waals surface area (Å²) < 4.78 is 21.6. The smallest absolute Gasteiger partial charge is 0.312 e. The Morgan fingerprint density at radius 1 is 0.500 bits per heavy atom. The number of hydrogen-bond acceptors (Lipinski definition) is 17. The SMILES string of the molecule is CC(=O)OCc1ccc(NC(=O)[C@H](CCCNC(N)=O)NC(=O)[C@@H](NC(=O)CCOCCCN(CCOCCC(=O)N[C@H](C(=O)N[C@@H](CCCNC(N)=O)C(=O)Nc2ccc(COC(C)=O)cc2)C(C)C)C(=O)CCCCCN2C(=O)C=CC2=O)C(C)C)cc1. The molecule has 12 N–H and O–H groups in total. The predicted octanol–water partition coefficient (Wildman–Crippen LogP) is 2.06. The molecule has 90 heavy (non-hydrogen) atoms. The first-order valence-electron chi connectivity index (χ1n) is 30.1. The monoisotopic (exact) mass is 1260 g/mol. The van der Waals surface area contributed by atoms with Crippen LogP contribution in [0.2, 0.25) is 0 Å². The maximum Gasteiger partial charge on any atom is 0.312 e. The van der Waals surface area contributed by atoms with Crippen molar-refractivity contribution in [2.75, 3.05) is 69.8 Å². The number of hydrogen-bond donors (Lipinski definition) is 10. The molecular formula is C61H90N12O17. The van der Waals surface area contributed by atoms with Crippen molar-refractivity contribution in [3.63, 3.8) is 0 Å². The third kappa shape index (κ3) is 30.8. The number of primary amides is 2. The maximum atomic E-state index is 13.7. The van der Waals surface area contributed by atoms with E-state index in [9.17, 15) is 62.3 Å². The number of nitrogens with one attached hydrogen (secondary N) is 8. The molecule has 496 valence electrons. The Kier molecular flexibility index (Phi) is 34.5. The molecule has 0 fully saturated rings. The zero-order chi connectivity index (χ0) is 66.5. The first kappa shape index (κ1) is 75.3. The van der Waals surface area contributed by atoms with Gasteiger partial charge in [-0.05, 0) is 92.2 Å². The number of unbranched alkanes of at least 4 members (excludes halogenated alkanes) is 2. The molecule has 1 aliphatic heterocycles. The highest BCUT2D eigenvalue weighted by Crippen LogP contribution is 2.16. The Bertz CT molecular complexity index is 2740. The average molecular weight is 1260 g/mol. The lowest BCUT2D eigenvalue weighted by Gasteiger charge is -2.25. The minimum Gasteiger partial charge on any atom is -0.461 e. The highest BCUT2D eigenvalue weighted by molar-refractivity contribution is 6.12. The summed E-state index contributed by atoms with van der Waals surface area (Å²) in [5, 5.41) is 21.3. The number of urea groups is 2. The van der Waals surface area contributed by atoms with Gasteiger partial charge in [0.25, 0.3) is 11.8 Å². The van der Waals surface area contributed by atoms with E-state index >= 15 is 0 Å². The number of nitrogens with zero attached hydrogens (tertiary/aromatic N) is 2. The summed E-state index contributed by atoms with van der Waals surface area (Å²) in [6.45, 7) is 10.5. The molecule has 0 saturated carbocycles. The van der Waals surface area contributed by atoms with E-state index in [1.807, 2.05) is 0 Å². The highest BCUT2D eigenvalue weighted by atomic mass is 16.5. The third-order valence-electron chi connectivity index (χ3n) is 13.8. The molecule has 0 aliphatic carbocycles. The Morgan fingerprint density at radius 3 is 1.34 bits per heavy atom. The number of benzene rings is 2. The van der Waals surface area contributed by atoms with Crippen molar-refractivity contribution in [3.8, 4) is 0 Å². The van der Waals surface area contributed by atoms with Gasteiger partial charge in [0.15, 0.2) is 0 Å².